The molecule has 1 unspecified atom stereocenters. The summed E-state index contributed by atoms with van der Waals surface area (Å²) in [6.07, 6.45) is 4.83. The van der Waals surface area contributed by atoms with Crippen molar-refractivity contribution in [2.45, 2.75) is 5.92 Å². The maximum absolute atomic E-state index is 13.4. The Bertz CT molecular complexity index is 1810. The molecule has 5 heterocycles. The molecule has 0 amide bonds. The van der Waals surface area contributed by atoms with Crippen molar-refractivity contribution >= 4 is 16.6 Å². The van der Waals surface area contributed by atoms with Gasteiger partial charge in [0.2, 0.25) is 5.88 Å². The lowest BCUT2D eigenvalue weighted by molar-refractivity contribution is 0.422. The van der Waals surface area contributed by atoms with Gasteiger partial charge < -0.3 is 9.15 Å². The van der Waals surface area contributed by atoms with E-state index in [1.807, 2.05) is 24.3 Å². The smallest absolute Gasteiger partial charge is 0.344 e. The van der Waals surface area contributed by atoms with Crippen LogP contribution in [0.25, 0.3) is 28.0 Å². The van der Waals surface area contributed by atoms with Crippen LogP contribution in [0.4, 0.5) is 4.39 Å². The third-order valence-corrected chi connectivity index (χ3v) is 6.10. The first-order valence-electron chi connectivity index (χ1n) is 10.8. The van der Waals surface area contributed by atoms with Gasteiger partial charge in [-0.15, -0.1) is 5.10 Å². The molecule has 4 aromatic heterocycles. The van der Waals surface area contributed by atoms with Crippen molar-refractivity contribution in [3.63, 3.8) is 0 Å². The quantitative estimate of drug-likeness (QED) is 0.343. The summed E-state index contributed by atoms with van der Waals surface area (Å²) in [6.45, 7) is 0. The normalized spacial score (nSPS) is 14.5. The Hall–Kier alpha value is -4.92. The number of halogens is 1. The number of benzene rings is 2. The molecule has 1 atom stereocenters. The van der Waals surface area contributed by atoms with E-state index in [-0.39, 0.29) is 5.82 Å². The van der Waals surface area contributed by atoms with Crippen LogP contribution >= 0.6 is 0 Å². The van der Waals surface area contributed by atoms with Crippen LogP contribution in [0.5, 0.6) is 11.6 Å². The van der Waals surface area contributed by atoms with Gasteiger partial charge in [0.15, 0.2) is 17.2 Å². The molecule has 9 heteroatoms. The summed E-state index contributed by atoms with van der Waals surface area (Å²) in [7, 11) is 0. The first kappa shape index (κ1) is 19.5. The molecule has 1 aliphatic heterocycles. The van der Waals surface area contributed by atoms with E-state index in [0.29, 0.717) is 50.8 Å². The number of fused-ring (bicyclic) bond motifs is 6. The number of hydrogen-bond donors (Lipinski definition) is 0. The summed E-state index contributed by atoms with van der Waals surface area (Å²) < 4.78 is 26.9. The van der Waals surface area contributed by atoms with Crippen molar-refractivity contribution in [2.24, 2.45) is 0 Å². The molecular formula is C26H14FN5O3. The summed E-state index contributed by atoms with van der Waals surface area (Å²) in [5.74, 6) is 0.185. The Kier molecular flexibility index (Phi) is 4.07. The van der Waals surface area contributed by atoms with Crippen molar-refractivity contribution in [3.05, 3.63) is 112 Å². The summed E-state index contributed by atoms with van der Waals surface area (Å²) in [5, 5.41) is 5.20. The van der Waals surface area contributed by atoms with Crippen LogP contribution in [0.3, 0.4) is 0 Å². The minimum Gasteiger partial charge on any atom is -0.437 e. The Labute approximate surface area is 196 Å². The molecule has 2 aromatic carbocycles. The highest BCUT2D eigenvalue weighted by atomic mass is 19.1. The second-order valence-electron chi connectivity index (χ2n) is 8.12. The monoisotopic (exact) mass is 463 g/mol. The van der Waals surface area contributed by atoms with E-state index >= 15 is 0 Å². The SMILES string of the molecule is O=c1oc2ccccc2c2c1C(c1ccncc1)c1c(ncn3nc(-c4ccc(F)cc4)nc13)O2. The van der Waals surface area contributed by atoms with Crippen LogP contribution in [0.15, 0.2) is 88.6 Å². The Balaban J connectivity index is 1.54. The van der Waals surface area contributed by atoms with Gasteiger partial charge in [-0.1, -0.05) is 12.1 Å². The third-order valence-electron chi connectivity index (χ3n) is 6.10. The van der Waals surface area contributed by atoms with E-state index in [1.54, 1.807) is 36.7 Å². The van der Waals surface area contributed by atoms with Gasteiger partial charge in [0.25, 0.3) is 0 Å². The van der Waals surface area contributed by atoms with Gasteiger partial charge >= 0.3 is 5.63 Å². The molecule has 0 fully saturated rings. The standard InChI is InChI=1S/C26H14FN5O3/c27-16-7-5-15(6-8-16)23-30-24-21-19(14-9-11-28-12-10-14)20-22(35-25(21)29-13-32(24)31-23)17-3-1-2-4-18(17)34-26(20)33/h1-13,19H. The molecular weight excluding hydrogens is 449 g/mol. The van der Waals surface area contributed by atoms with Crippen LogP contribution < -0.4 is 10.4 Å². The largest absolute Gasteiger partial charge is 0.437 e. The number of ether oxygens (including phenoxy) is 1. The average molecular weight is 463 g/mol. The minimum absolute atomic E-state index is 0.320. The molecule has 0 aliphatic carbocycles. The second kappa shape index (κ2) is 7.29. The predicted molar refractivity (Wildman–Crippen MR) is 124 cm³/mol. The first-order chi connectivity index (χ1) is 17.2. The Morgan fingerprint density at radius 3 is 2.57 bits per heavy atom. The second-order valence-corrected chi connectivity index (χ2v) is 8.12. The molecule has 6 aromatic rings. The van der Waals surface area contributed by atoms with Gasteiger partial charge in [-0.25, -0.2) is 23.7 Å². The van der Waals surface area contributed by atoms with Crippen LogP contribution in [-0.4, -0.2) is 24.6 Å². The fourth-order valence-corrected chi connectivity index (χ4v) is 4.54. The first-order valence-corrected chi connectivity index (χ1v) is 10.8. The minimum atomic E-state index is -0.584. The molecule has 35 heavy (non-hydrogen) atoms. The number of para-hydroxylation sites is 1. The van der Waals surface area contributed by atoms with Crippen LogP contribution in [0.2, 0.25) is 0 Å². The van der Waals surface area contributed by atoms with Crippen molar-refractivity contribution in [1.29, 1.82) is 0 Å². The van der Waals surface area contributed by atoms with E-state index in [9.17, 15) is 9.18 Å². The molecule has 0 saturated carbocycles. The van der Waals surface area contributed by atoms with Gasteiger partial charge in [0.1, 0.15) is 17.7 Å². The molecule has 1 aliphatic rings. The zero-order valence-electron chi connectivity index (χ0n) is 17.9. The van der Waals surface area contributed by atoms with Crippen molar-refractivity contribution in [1.82, 2.24) is 24.6 Å². The lowest BCUT2D eigenvalue weighted by Gasteiger charge is -2.27. The molecule has 7 rings (SSSR count). The molecule has 0 saturated heterocycles. The van der Waals surface area contributed by atoms with Crippen molar-refractivity contribution in [2.75, 3.05) is 0 Å². The number of pyridine rings is 1. The Morgan fingerprint density at radius 1 is 0.943 bits per heavy atom. The van der Waals surface area contributed by atoms with Crippen LogP contribution in [-0.2, 0) is 0 Å². The van der Waals surface area contributed by atoms with Gasteiger partial charge in [-0.3, -0.25) is 4.98 Å². The van der Waals surface area contributed by atoms with Crippen molar-refractivity contribution < 1.29 is 13.5 Å². The zero-order valence-corrected chi connectivity index (χ0v) is 17.9. The highest BCUT2D eigenvalue weighted by Crippen LogP contribution is 2.48. The lowest BCUT2D eigenvalue weighted by atomic mass is 9.84. The molecule has 8 nitrogen and oxygen atoms in total. The zero-order chi connectivity index (χ0) is 23.5. The summed E-state index contributed by atoms with van der Waals surface area (Å²) in [6, 6.07) is 16.8. The topological polar surface area (TPSA) is 95.4 Å². The van der Waals surface area contributed by atoms with Gasteiger partial charge in [-0.05, 0) is 54.1 Å². The fourth-order valence-electron chi connectivity index (χ4n) is 4.54. The summed E-state index contributed by atoms with van der Waals surface area (Å²) >= 11 is 0. The summed E-state index contributed by atoms with van der Waals surface area (Å²) in [4.78, 5) is 26.7. The molecule has 0 bridgehead atoms. The third kappa shape index (κ3) is 2.95. The van der Waals surface area contributed by atoms with E-state index in [1.165, 1.54) is 23.0 Å². The number of nitrogens with zero attached hydrogens (tertiary/aromatic N) is 5. The fraction of sp³-hybridized carbons (Fsp3) is 0.0385. The maximum atomic E-state index is 13.4. The number of hydrogen-bond acceptors (Lipinski definition) is 7. The molecule has 168 valence electrons. The van der Waals surface area contributed by atoms with E-state index in [2.05, 4.69) is 15.1 Å². The molecule has 0 N–H and O–H groups in total. The van der Waals surface area contributed by atoms with Gasteiger partial charge in [0.05, 0.1) is 22.4 Å². The van der Waals surface area contributed by atoms with Gasteiger partial charge in [0, 0.05) is 18.0 Å². The Morgan fingerprint density at radius 2 is 1.74 bits per heavy atom. The number of aromatic nitrogens is 5. The van der Waals surface area contributed by atoms with Crippen molar-refractivity contribution in [3.8, 4) is 23.0 Å². The maximum Gasteiger partial charge on any atom is 0.344 e. The van der Waals surface area contributed by atoms with E-state index < -0.39 is 11.5 Å². The molecule has 0 spiro atoms. The van der Waals surface area contributed by atoms with Crippen LogP contribution in [0, 0.1) is 5.82 Å². The van der Waals surface area contributed by atoms with Crippen LogP contribution in [0.1, 0.15) is 22.6 Å². The number of rotatable bonds is 2. The predicted octanol–water partition coefficient (Wildman–Crippen LogP) is 4.72. The summed E-state index contributed by atoms with van der Waals surface area (Å²) in [5.41, 5.74) is 2.76. The van der Waals surface area contributed by atoms with Gasteiger partial charge in [-0.2, -0.15) is 0 Å². The van der Waals surface area contributed by atoms with E-state index in [0.717, 1.165) is 5.56 Å². The average Bonchev–Trinajstić information content (AvgIpc) is 3.33. The highest BCUT2D eigenvalue weighted by Gasteiger charge is 2.37. The lowest BCUT2D eigenvalue weighted by Crippen LogP contribution is -2.22. The molecule has 0 radical (unpaired) electrons. The van der Waals surface area contributed by atoms with E-state index in [4.69, 9.17) is 14.1 Å². The highest BCUT2D eigenvalue weighted by molar-refractivity contribution is 5.86.